The van der Waals surface area contributed by atoms with Crippen molar-refractivity contribution in [2.24, 2.45) is 4.99 Å². The third-order valence-electron chi connectivity index (χ3n) is 7.21. The predicted molar refractivity (Wildman–Crippen MR) is 135 cm³/mol. The first kappa shape index (κ1) is 21.5. The first-order valence-electron chi connectivity index (χ1n) is 12.2. The topological polar surface area (TPSA) is 51.1 Å². The molecule has 5 nitrogen and oxygen atoms in total. The van der Waals surface area contributed by atoms with E-state index in [1.807, 2.05) is 37.8 Å². The van der Waals surface area contributed by atoms with Gasteiger partial charge in [0.05, 0.1) is 6.04 Å². The van der Waals surface area contributed by atoms with Gasteiger partial charge in [-0.2, -0.15) is 0 Å². The lowest BCUT2D eigenvalue weighted by Crippen LogP contribution is -2.43. The van der Waals surface area contributed by atoms with Crippen LogP contribution in [-0.4, -0.2) is 42.7 Å². The van der Waals surface area contributed by atoms with Crippen molar-refractivity contribution in [3.8, 4) is 16.9 Å². The van der Waals surface area contributed by atoms with Gasteiger partial charge in [0.1, 0.15) is 25.8 Å². The van der Waals surface area contributed by atoms with E-state index in [2.05, 4.69) is 18.2 Å². The summed E-state index contributed by atoms with van der Waals surface area (Å²) in [7, 11) is 5.99. The van der Waals surface area contributed by atoms with Gasteiger partial charge in [-0.1, -0.05) is 23.7 Å². The van der Waals surface area contributed by atoms with Gasteiger partial charge in [0.25, 0.3) is 0 Å². The van der Waals surface area contributed by atoms with Crippen molar-refractivity contribution in [1.82, 2.24) is 4.90 Å². The van der Waals surface area contributed by atoms with Crippen LogP contribution in [-0.2, 0) is 17.8 Å². The van der Waals surface area contributed by atoms with Gasteiger partial charge < -0.3 is 9.47 Å². The molecule has 2 aromatic rings. The number of benzene rings is 2. The monoisotopic (exact) mass is 452 g/mol. The lowest BCUT2D eigenvalue weighted by Gasteiger charge is -2.29. The second-order valence-corrected chi connectivity index (χ2v) is 10.7. The Morgan fingerprint density at radius 2 is 1.97 bits per heavy atom. The first-order chi connectivity index (χ1) is 16.3. The van der Waals surface area contributed by atoms with Gasteiger partial charge >= 0.3 is 6.09 Å². The third-order valence-corrected chi connectivity index (χ3v) is 7.21. The van der Waals surface area contributed by atoms with Crippen LogP contribution in [0.1, 0.15) is 63.1 Å². The number of carbonyl (C=O) groups is 1. The zero-order valence-corrected chi connectivity index (χ0v) is 20.1. The molecule has 0 spiro atoms. The van der Waals surface area contributed by atoms with Crippen molar-refractivity contribution in [3.05, 3.63) is 52.7 Å². The Morgan fingerprint density at radius 1 is 1.12 bits per heavy atom. The molecule has 3 aliphatic heterocycles. The summed E-state index contributed by atoms with van der Waals surface area (Å²) in [4.78, 5) is 19.8. The van der Waals surface area contributed by atoms with Crippen molar-refractivity contribution < 1.29 is 14.3 Å². The van der Waals surface area contributed by atoms with Crippen LogP contribution >= 0.6 is 0 Å². The number of hydrogen-bond donors (Lipinski definition) is 0. The van der Waals surface area contributed by atoms with Crippen molar-refractivity contribution in [2.75, 3.05) is 6.54 Å². The number of aliphatic imine (C=N–C) groups is 1. The molecule has 4 aliphatic rings. The average Bonchev–Trinajstić information content (AvgIpc) is 3.43. The number of aryl methyl sites for hydroxylation is 1. The maximum absolute atomic E-state index is 12.8. The van der Waals surface area contributed by atoms with Crippen LogP contribution in [0, 0.1) is 0 Å². The van der Waals surface area contributed by atoms with Gasteiger partial charge in [-0.3, -0.25) is 9.89 Å². The summed E-state index contributed by atoms with van der Waals surface area (Å²) in [5, 5.41) is 0. The zero-order valence-electron chi connectivity index (χ0n) is 20.1. The number of hydrogen-bond acceptors (Lipinski definition) is 4. The molecule has 0 N–H and O–H groups in total. The van der Waals surface area contributed by atoms with Gasteiger partial charge in [0.15, 0.2) is 0 Å². The number of fused-ring (bicyclic) bond motifs is 5. The fourth-order valence-electron chi connectivity index (χ4n) is 5.71. The number of ether oxygens (including phenoxy) is 2. The molecule has 1 fully saturated rings. The van der Waals surface area contributed by atoms with Crippen LogP contribution in [0.15, 0.2) is 41.0 Å². The summed E-state index contributed by atoms with van der Waals surface area (Å²) in [5.74, 6) is 0.925. The maximum atomic E-state index is 12.8. The standard InChI is InChI=1S/C28H29BN2O3/c1-28(2,3)34-27(32)31-10-4-5-25(31)24-13-21-20-14-26-22(12-16(20)6-9-23(21)30-24)19-8-7-18(29)11-17(19)15-33-26/h7-8,11-12,14,25H,4-6,9-10,13,15H2,1-3H3/t25-/m0/s1. The lowest BCUT2D eigenvalue weighted by molar-refractivity contribution is 0.0265. The molecule has 0 unspecified atom stereocenters. The van der Waals surface area contributed by atoms with Crippen LogP contribution in [0.25, 0.3) is 16.7 Å². The highest BCUT2D eigenvalue weighted by molar-refractivity contribution is 6.32. The Balaban J connectivity index is 1.28. The molecule has 0 aromatic heterocycles. The summed E-state index contributed by atoms with van der Waals surface area (Å²) in [6.45, 7) is 7.00. The van der Waals surface area contributed by atoms with Crippen molar-refractivity contribution in [3.63, 3.8) is 0 Å². The van der Waals surface area contributed by atoms with E-state index in [-0.39, 0.29) is 12.1 Å². The summed E-state index contributed by atoms with van der Waals surface area (Å²) >= 11 is 0. The normalized spacial score (nSPS) is 20.7. The predicted octanol–water partition coefficient (Wildman–Crippen LogP) is 4.94. The molecule has 2 radical (unpaired) electrons. The van der Waals surface area contributed by atoms with E-state index in [4.69, 9.17) is 22.3 Å². The Morgan fingerprint density at radius 3 is 2.79 bits per heavy atom. The molecule has 1 amide bonds. The van der Waals surface area contributed by atoms with E-state index in [9.17, 15) is 4.79 Å². The fourth-order valence-corrected chi connectivity index (χ4v) is 5.71. The van der Waals surface area contributed by atoms with Gasteiger partial charge in [0, 0.05) is 29.9 Å². The molecule has 1 aliphatic carbocycles. The fraction of sp³-hybridized carbons (Fsp3) is 0.429. The summed E-state index contributed by atoms with van der Waals surface area (Å²) in [6.07, 6.45) is 4.37. The van der Waals surface area contributed by atoms with Crippen LogP contribution in [0.2, 0.25) is 0 Å². The van der Waals surface area contributed by atoms with E-state index >= 15 is 0 Å². The molecule has 3 heterocycles. The second-order valence-electron chi connectivity index (χ2n) is 10.7. The molecule has 34 heavy (non-hydrogen) atoms. The average molecular weight is 452 g/mol. The Bertz CT molecular complexity index is 1270. The Hall–Kier alpha value is -3.02. The highest BCUT2D eigenvalue weighted by Gasteiger charge is 2.38. The minimum absolute atomic E-state index is 0.0233. The van der Waals surface area contributed by atoms with Crippen LogP contribution in [0.3, 0.4) is 0 Å². The van der Waals surface area contributed by atoms with E-state index in [1.54, 1.807) is 0 Å². The summed E-state index contributed by atoms with van der Waals surface area (Å²) in [6, 6.07) is 10.6. The molecule has 2 aromatic carbocycles. The van der Waals surface area contributed by atoms with Gasteiger partial charge in [0.2, 0.25) is 0 Å². The van der Waals surface area contributed by atoms with E-state index in [0.29, 0.717) is 6.61 Å². The van der Waals surface area contributed by atoms with E-state index in [0.717, 1.165) is 66.7 Å². The smallest absolute Gasteiger partial charge is 0.410 e. The van der Waals surface area contributed by atoms with Crippen molar-refractivity contribution in [1.29, 1.82) is 0 Å². The molecular weight excluding hydrogens is 423 g/mol. The Labute approximate surface area is 202 Å². The molecule has 1 saturated heterocycles. The molecule has 1 atom stereocenters. The maximum Gasteiger partial charge on any atom is 0.410 e. The first-order valence-corrected chi connectivity index (χ1v) is 12.2. The highest BCUT2D eigenvalue weighted by Crippen LogP contribution is 2.46. The highest BCUT2D eigenvalue weighted by atomic mass is 16.6. The van der Waals surface area contributed by atoms with Gasteiger partial charge in [-0.25, -0.2) is 4.79 Å². The largest absolute Gasteiger partial charge is 0.488 e. The number of carbonyl (C=O) groups excluding carboxylic acids is 1. The van der Waals surface area contributed by atoms with Crippen molar-refractivity contribution >= 4 is 30.7 Å². The number of amides is 1. The van der Waals surface area contributed by atoms with Gasteiger partial charge in [-0.05, 0) is 86.4 Å². The van der Waals surface area contributed by atoms with Crippen LogP contribution in [0.5, 0.6) is 5.75 Å². The van der Waals surface area contributed by atoms with Crippen molar-refractivity contribution in [2.45, 2.75) is 71.1 Å². The number of rotatable bonds is 1. The number of allylic oxidation sites excluding steroid dienone is 2. The molecular formula is C28H29BN2O3. The van der Waals surface area contributed by atoms with E-state index < -0.39 is 5.60 Å². The van der Waals surface area contributed by atoms with Gasteiger partial charge in [-0.15, -0.1) is 0 Å². The molecule has 6 heteroatoms. The van der Waals surface area contributed by atoms with E-state index in [1.165, 1.54) is 28.0 Å². The Kier molecular flexibility index (Phi) is 4.91. The van der Waals surface area contributed by atoms with Crippen LogP contribution in [0.4, 0.5) is 4.79 Å². The molecule has 172 valence electrons. The summed E-state index contributed by atoms with van der Waals surface area (Å²) < 4.78 is 11.8. The number of likely N-dealkylation sites (tertiary alicyclic amines) is 1. The molecule has 0 bridgehead atoms. The quantitative estimate of drug-likeness (QED) is 0.576. The SMILES string of the molecule is [B]c1ccc2c(c1)COc1cc3c(cc1-2)CCC1=C3CC([C@@H]2CCCN2C(=O)OC(C)(C)C)=N1. The second kappa shape index (κ2) is 7.76. The minimum atomic E-state index is -0.498. The molecule has 6 rings (SSSR count). The minimum Gasteiger partial charge on any atom is -0.488 e. The number of nitrogens with zero attached hydrogens (tertiary/aromatic N) is 2. The zero-order chi connectivity index (χ0) is 23.6. The summed E-state index contributed by atoms with van der Waals surface area (Å²) in [5.41, 5.74) is 9.92. The van der Waals surface area contributed by atoms with Crippen LogP contribution < -0.4 is 10.2 Å². The third kappa shape index (κ3) is 3.64. The lowest BCUT2D eigenvalue weighted by atomic mass is 9.83. The molecule has 0 saturated carbocycles.